The number of thioether (sulfide) groups is 1. The van der Waals surface area contributed by atoms with Crippen LogP contribution in [-0.4, -0.2) is 15.7 Å². The second-order valence-corrected chi connectivity index (χ2v) is 8.34. The summed E-state index contributed by atoms with van der Waals surface area (Å²) in [4.78, 5) is 16.4. The topological polar surface area (TPSA) is 29.4 Å². The minimum Gasteiger partial charge on any atom is -0.271 e. The molecule has 2 bridgehead atoms. The van der Waals surface area contributed by atoms with Gasteiger partial charge in [-0.15, -0.1) is 0 Å². The highest BCUT2D eigenvalue weighted by atomic mass is 32.2. The summed E-state index contributed by atoms with van der Waals surface area (Å²) in [7, 11) is 0. The van der Waals surface area contributed by atoms with E-state index in [-0.39, 0.29) is 10.7 Å². The number of rotatable bonds is 3. The SMILES string of the molecule is CC(C)[C@]1(C)SC(CC2CC3CCC2C3)=NC1=O. The maximum absolute atomic E-state index is 12.1. The van der Waals surface area contributed by atoms with Crippen molar-refractivity contribution in [1.82, 2.24) is 0 Å². The van der Waals surface area contributed by atoms with E-state index in [1.165, 1.54) is 25.7 Å². The Bertz CT molecular complexity index is 403. The van der Waals surface area contributed by atoms with Crippen molar-refractivity contribution >= 4 is 22.7 Å². The molecule has 2 nitrogen and oxygen atoms in total. The van der Waals surface area contributed by atoms with E-state index in [2.05, 4.69) is 25.8 Å². The third kappa shape index (κ3) is 1.95. The molecule has 3 heteroatoms. The number of hydrogen-bond donors (Lipinski definition) is 0. The van der Waals surface area contributed by atoms with Crippen molar-refractivity contribution in [2.45, 2.75) is 57.6 Å². The molecule has 0 spiro atoms. The van der Waals surface area contributed by atoms with E-state index < -0.39 is 0 Å². The molecule has 2 fully saturated rings. The predicted octanol–water partition coefficient (Wildman–Crippen LogP) is 3.90. The van der Waals surface area contributed by atoms with Gasteiger partial charge in [-0.25, -0.2) is 4.99 Å². The van der Waals surface area contributed by atoms with Gasteiger partial charge in [-0.2, -0.15) is 0 Å². The molecule has 0 aromatic carbocycles. The number of aliphatic imine (C=N–C) groups is 1. The predicted molar refractivity (Wildman–Crippen MR) is 76.8 cm³/mol. The molecule has 4 atom stereocenters. The lowest BCUT2D eigenvalue weighted by atomic mass is 9.87. The van der Waals surface area contributed by atoms with Gasteiger partial charge in [0, 0.05) is 0 Å². The van der Waals surface area contributed by atoms with Gasteiger partial charge in [-0.05, 0) is 56.3 Å². The first-order chi connectivity index (χ1) is 8.49. The fourth-order valence-corrected chi connectivity index (χ4v) is 5.12. The van der Waals surface area contributed by atoms with Gasteiger partial charge < -0.3 is 0 Å². The van der Waals surface area contributed by atoms with E-state index in [1.807, 2.05) is 0 Å². The number of carbonyl (C=O) groups excluding carboxylic acids is 1. The zero-order chi connectivity index (χ0) is 12.9. The molecule has 1 heterocycles. The van der Waals surface area contributed by atoms with Gasteiger partial charge in [0.1, 0.15) is 4.75 Å². The Morgan fingerprint density at radius 3 is 2.67 bits per heavy atom. The molecule has 0 aromatic rings. The average molecular weight is 265 g/mol. The van der Waals surface area contributed by atoms with Crippen molar-refractivity contribution in [3.05, 3.63) is 0 Å². The van der Waals surface area contributed by atoms with Crippen molar-refractivity contribution < 1.29 is 4.79 Å². The van der Waals surface area contributed by atoms with Gasteiger partial charge in [0.2, 0.25) is 0 Å². The van der Waals surface area contributed by atoms with Crippen LogP contribution in [0.2, 0.25) is 0 Å². The normalized spacial score (nSPS) is 43.0. The maximum atomic E-state index is 12.1. The monoisotopic (exact) mass is 265 g/mol. The van der Waals surface area contributed by atoms with E-state index >= 15 is 0 Å². The zero-order valence-corrected chi connectivity index (χ0v) is 12.4. The summed E-state index contributed by atoms with van der Waals surface area (Å²) in [6.07, 6.45) is 6.76. The van der Waals surface area contributed by atoms with Crippen LogP contribution in [0.4, 0.5) is 0 Å². The number of carbonyl (C=O) groups is 1. The largest absolute Gasteiger partial charge is 0.271 e. The molecule has 3 rings (SSSR count). The summed E-state index contributed by atoms with van der Waals surface area (Å²) in [5, 5.41) is 1.12. The van der Waals surface area contributed by atoms with Crippen molar-refractivity contribution in [3.8, 4) is 0 Å². The molecule has 1 amide bonds. The van der Waals surface area contributed by atoms with E-state index in [4.69, 9.17) is 0 Å². The van der Waals surface area contributed by atoms with Gasteiger partial charge in [-0.1, -0.05) is 32.0 Å². The average Bonchev–Trinajstić information content (AvgIpc) is 2.95. The van der Waals surface area contributed by atoms with Crippen LogP contribution >= 0.6 is 11.8 Å². The first kappa shape index (κ1) is 12.7. The molecule has 18 heavy (non-hydrogen) atoms. The second-order valence-electron chi connectivity index (χ2n) is 6.81. The Kier molecular flexibility index (Phi) is 3.08. The third-order valence-electron chi connectivity index (χ3n) is 5.40. The van der Waals surface area contributed by atoms with Gasteiger partial charge in [0.15, 0.2) is 0 Å². The van der Waals surface area contributed by atoms with Crippen molar-refractivity contribution in [2.24, 2.45) is 28.7 Å². The number of amides is 1. The second kappa shape index (κ2) is 4.36. The van der Waals surface area contributed by atoms with Crippen LogP contribution in [0.1, 0.15) is 52.9 Å². The molecular weight excluding hydrogens is 242 g/mol. The lowest BCUT2D eigenvalue weighted by Crippen LogP contribution is -2.33. The molecule has 0 N–H and O–H groups in total. The van der Waals surface area contributed by atoms with Gasteiger partial charge in [-0.3, -0.25) is 4.79 Å². The summed E-state index contributed by atoms with van der Waals surface area (Å²) in [5.41, 5.74) is 0. The Hall–Kier alpha value is -0.310. The highest BCUT2D eigenvalue weighted by Crippen LogP contribution is 2.51. The first-order valence-electron chi connectivity index (χ1n) is 7.30. The Morgan fingerprint density at radius 2 is 2.17 bits per heavy atom. The van der Waals surface area contributed by atoms with E-state index in [1.54, 1.807) is 11.8 Å². The van der Waals surface area contributed by atoms with Gasteiger partial charge in [0.05, 0.1) is 5.04 Å². The van der Waals surface area contributed by atoms with Crippen molar-refractivity contribution in [1.29, 1.82) is 0 Å². The summed E-state index contributed by atoms with van der Waals surface area (Å²) >= 11 is 1.74. The fourth-order valence-electron chi connectivity index (χ4n) is 3.84. The van der Waals surface area contributed by atoms with Gasteiger partial charge in [0.25, 0.3) is 5.91 Å². The Morgan fingerprint density at radius 1 is 1.39 bits per heavy atom. The summed E-state index contributed by atoms with van der Waals surface area (Å²) < 4.78 is -0.299. The standard InChI is InChI=1S/C15H23NOS/c1-9(2)15(3)14(17)16-13(18-15)8-12-7-10-4-5-11(12)6-10/h9-12H,4-8H2,1-3H3/t10?,11?,12?,15-/m0/s1. The van der Waals surface area contributed by atoms with Crippen LogP contribution in [0.3, 0.4) is 0 Å². The molecule has 0 saturated heterocycles. The minimum absolute atomic E-state index is 0.0978. The highest BCUT2D eigenvalue weighted by Gasteiger charge is 2.46. The zero-order valence-electron chi connectivity index (χ0n) is 11.6. The van der Waals surface area contributed by atoms with Crippen LogP contribution in [-0.2, 0) is 4.79 Å². The van der Waals surface area contributed by atoms with Crippen molar-refractivity contribution in [3.63, 3.8) is 0 Å². The summed E-state index contributed by atoms with van der Waals surface area (Å²) in [6, 6.07) is 0. The molecule has 0 aromatic heterocycles. The van der Waals surface area contributed by atoms with Crippen LogP contribution in [0.5, 0.6) is 0 Å². The summed E-state index contributed by atoms with van der Waals surface area (Å²) in [6.45, 7) is 6.31. The first-order valence-corrected chi connectivity index (χ1v) is 8.11. The van der Waals surface area contributed by atoms with Crippen molar-refractivity contribution in [2.75, 3.05) is 0 Å². The highest BCUT2D eigenvalue weighted by molar-refractivity contribution is 8.16. The van der Waals surface area contributed by atoms with E-state index in [9.17, 15) is 4.79 Å². The molecule has 3 aliphatic rings. The van der Waals surface area contributed by atoms with Crippen LogP contribution in [0.15, 0.2) is 4.99 Å². The fraction of sp³-hybridized carbons (Fsp3) is 0.867. The number of fused-ring (bicyclic) bond motifs is 2. The van der Waals surface area contributed by atoms with Crippen LogP contribution < -0.4 is 0 Å². The molecule has 100 valence electrons. The maximum Gasteiger partial charge on any atom is 0.263 e. The Balaban J connectivity index is 1.65. The van der Waals surface area contributed by atoms with Crippen LogP contribution in [0.25, 0.3) is 0 Å². The molecule has 2 saturated carbocycles. The van der Waals surface area contributed by atoms with E-state index in [0.717, 1.165) is 29.2 Å². The lowest BCUT2D eigenvalue weighted by molar-refractivity contribution is -0.120. The quantitative estimate of drug-likeness (QED) is 0.774. The molecular formula is C15H23NOS. The molecule has 2 aliphatic carbocycles. The number of nitrogens with zero attached hydrogens (tertiary/aromatic N) is 1. The lowest BCUT2D eigenvalue weighted by Gasteiger charge is -2.25. The van der Waals surface area contributed by atoms with Gasteiger partial charge >= 0.3 is 0 Å². The minimum atomic E-state index is -0.299. The number of hydrogen-bond acceptors (Lipinski definition) is 2. The smallest absolute Gasteiger partial charge is 0.263 e. The molecule has 3 unspecified atom stereocenters. The van der Waals surface area contributed by atoms with E-state index in [0.29, 0.717) is 5.92 Å². The molecule has 0 radical (unpaired) electrons. The Labute approximate surface area is 114 Å². The summed E-state index contributed by atoms with van der Waals surface area (Å²) in [5.74, 6) is 3.19. The van der Waals surface area contributed by atoms with Crippen LogP contribution in [0, 0.1) is 23.7 Å². The molecule has 1 aliphatic heterocycles. The third-order valence-corrected chi connectivity index (χ3v) is 6.97.